The van der Waals surface area contributed by atoms with Gasteiger partial charge in [-0.15, -0.1) is 0 Å². The van der Waals surface area contributed by atoms with Crippen LogP contribution >= 0.6 is 11.8 Å². The van der Waals surface area contributed by atoms with E-state index in [4.69, 9.17) is 9.40 Å². The Morgan fingerprint density at radius 2 is 1.72 bits per heavy atom. The predicted octanol–water partition coefficient (Wildman–Crippen LogP) is 5.17. The molecule has 0 bridgehead atoms. The van der Waals surface area contributed by atoms with Crippen molar-refractivity contribution in [2.45, 2.75) is 12.1 Å². The molecule has 0 aliphatic heterocycles. The molecule has 0 aliphatic carbocycles. The first kappa shape index (κ1) is 20.1. The van der Waals surface area contributed by atoms with E-state index in [9.17, 15) is 9.59 Å². The Bertz CT molecular complexity index is 1510. The number of hydrogen-bond acceptors (Lipinski definition) is 5. The Morgan fingerprint density at radius 3 is 2.53 bits per heavy atom. The second-order valence-corrected chi connectivity index (χ2v) is 8.24. The van der Waals surface area contributed by atoms with Crippen LogP contribution in [0.25, 0.3) is 27.8 Å². The summed E-state index contributed by atoms with van der Waals surface area (Å²) in [5.41, 5.74) is 3.40. The SMILES string of the molecule is Cc1ccccc1NC(=O)CSc1nc2c(oc3ccccc32)c(=O)n1-c1ccccc1. The fourth-order valence-corrected chi connectivity index (χ4v) is 4.36. The van der Waals surface area contributed by atoms with Crippen molar-refractivity contribution in [3.05, 3.63) is 94.8 Å². The molecule has 1 amide bonds. The molecule has 6 nitrogen and oxygen atoms in total. The van der Waals surface area contributed by atoms with Gasteiger partial charge in [0.2, 0.25) is 11.5 Å². The van der Waals surface area contributed by atoms with Gasteiger partial charge in [-0.2, -0.15) is 0 Å². The molecule has 0 saturated heterocycles. The highest BCUT2D eigenvalue weighted by molar-refractivity contribution is 7.99. The highest BCUT2D eigenvalue weighted by Gasteiger charge is 2.19. The molecular formula is C25H19N3O3S. The fraction of sp³-hybridized carbons (Fsp3) is 0.0800. The molecule has 0 fully saturated rings. The van der Waals surface area contributed by atoms with Crippen LogP contribution < -0.4 is 10.9 Å². The van der Waals surface area contributed by atoms with E-state index in [-0.39, 0.29) is 22.8 Å². The van der Waals surface area contributed by atoms with Gasteiger partial charge >= 0.3 is 5.56 Å². The van der Waals surface area contributed by atoms with Crippen LogP contribution in [0.3, 0.4) is 0 Å². The zero-order valence-corrected chi connectivity index (χ0v) is 18.1. The first-order valence-electron chi connectivity index (χ1n) is 10.1. The number of nitrogens with zero attached hydrogens (tertiary/aromatic N) is 2. The lowest BCUT2D eigenvalue weighted by molar-refractivity contribution is -0.113. The third kappa shape index (κ3) is 3.67. The molecule has 0 saturated carbocycles. The number of fused-ring (bicyclic) bond motifs is 3. The lowest BCUT2D eigenvalue weighted by Gasteiger charge is -2.12. The molecule has 158 valence electrons. The van der Waals surface area contributed by atoms with Crippen molar-refractivity contribution >= 4 is 45.4 Å². The maximum absolute atomic E-state index is 13.4. The van der Waals surface area contributed by atoms with E-state index in [0.717, 1.165) is 16.6 Å². The van der Waals surface area contributed by atoms with Crippen LogP contribution in [0.15, 0.2) is 93.2 Å². The first-order valence-corrected chi connectivity index (χ1v) is 11.1. The number of amides is 1. The van der Waals surface area contributed by atoms with Crippen LogP contribution in [-0.4, -0.2) is 21.2 Å². The number of para-hydroxylation sites is 3. The number of anilines is 1. The Balaban J connectivity index is 1.56. The van der Waals surface area contributed by atoms with Crippen LogP contribution in [-0.2, 0) is 4.79 Å². The maximum Gasteiger partial charge on any atom is 0.302 e. The van der Waals surface area contributed by atoms with Crippen LogP contribution in [0, 0.1) is 6.92 Å². The number of hydrogen-bond donors (Lipinski definition) is 1. The average molecular weight is 442 g/mol. The number of thioether (sulfide) groups is 1. The summed E-state index contributed by atoms with van der Waals surface area (Å²) in [4.78, 5) is 30.8. The van der Waals surface area contributed by atoms with Gasteiger partial charge in [-0.3, -0.25) is 14.2 Å². The van der Waals surface area contributed by atoms with Crippen molar-refractivity contribution in [1.29, 1.82) is 0 Å². The number of benzene rings is 3. The first-order chi connectivity index (χ1) is 15.6. The summed E-state index contributed by atoms with van der Waals surface area (Å²) in [5, 5.41) is 4.12. The normalized spacial score (nSPS) is 11.2. The summed E-state index contributed by atoms with van der Waals surface area (Å²) in [6, 6.07) is 24.3. The minimum absolute atomic E-state index is 0.106. The number of aryl methyl sites for hydroxylation is 1. The van der Waals surface area contributed by atoms with Crippen molar-refractivity contribution in [3.8, 4) is 5.69 Å². The highest BCUT2D eigenvalue weighted by atomic mass is 32.2. The number of furan rings is 1. The summed E-state index contributed by atoms with van der Waals surface area (Å²) in [6.45, 7) is 1.94. The lowest BCUT2D eigenvalue weighted by atomic mass is 10.2. The topological polar surface area (TPSA) is 77.1 Å². The Labute approximate surface area is 187 Å². The maximum atomic E-state index is 13.4. The van der Waals surface area contributed by atoms with Crippen LogP contribution in [0.4, 0.5) is 5.69 Å². The van der Waals surface area contributed by atoms with Crippen molar-refractivity contribution in [3.63, 3.8) is 0 Å². The minimum Gasteiger partial charge on any atom is -0.448 e. The van der Waals surface area contributed by atoms with Gasteiger partial charge in [-0.05, 0) is 42.8 Å². The van der Waals surface area contributed by atoms with Crippen molar-refractivity contribution in [2.75, 3.05) is 11.1 Å². The molecule has 2 aromatic heterocycles. The monoisotopic (exact) mass is 441 g/mol. The molecule has 32 heavy (non-hydrogen) atoms. The molecule has 0 spiro atoms. The molecule has 1 N–H and O–H groups in total. The molecule has 5 aromatic rings. The zero-order chi connectivity index (χ0) is 22.1. The van der Waals surface area contributed by atoms with Crippen molar-refractivity contribution in [2.24, 2.45) is 0 Å². The number of nitrogens with one attached hydrogen (secondary N) is 1. The summed E-state index contributed by atoms with van der Waals surface area (Å²) in [7, 11) is 0. The fourth-order valence-electron chi connectivity index (χ4n) is 3.55. The van der Waals surface area contributed by atoms with Crippen LogP contribution in [0.1, 0.15) is 5.56 Å². The van der Waals surface area contributed by atoms with Gasteiger partial charge < -0.3 is 9.73 Å². The smallest absolute Gasteiger partial charge is 0.302 e. The molecule has 7 heteroatoms. The summed E-state index contributed by atoms with van der Waals surface area (Å²) < 4.78 is 7.33. The van der Waals surface area contributed by atoms with Gasteiger partial charge in [-0.25, -0.2) is 4.98 Å². The van der Waals surface area contributed by atoms with E-state index in [0.29, 0.717) is 21.9 Å². The average Bonchev–Trinajstić information content (AvgIpc) is 3.19. The van der Waals surface area contributed by atoms with Gasteiger partial charge in [0.25, 0.3) is 0 Å². The Morgan fingerprint density at radius 1 is 1.00 bits per heavy atom. The highest BCUT2D eigenvalue weighted by Crippen LogP contribution is 2.28. The van der Waals surface area contributed by atoms with E-state index in [1.54, 1.807) is 0 Å². The second kappa shape index (κ2) is 8.36. The molecular weight excluding hydrogens is 422 g/mol. The summed E-state index contributed by atoms with van der Waals surface area (Å²) >= 11 is 1.21. The quantitative estimate of drug-likeness (QED) is 0.301. The Kier molecular flexibility index (Phi) is 5.25. The van der Waals surface area contributed by atoms with Gasteiger partial charge in [-0.1, -0.05) is 60.3 Å². The van der Waals surface area contributed by atoms with Gasteiger partial charge in [0, 0.05) is 11.1 Å². The van der Waals surface area contributed by atoms with Gasteiger partial charge in [0.05, 0.1) is 11.4 Å². The molecule has 5 rings (SSSR count). The molecule has 0 radical (unpaired) electrons. The predicted molar refractivity (Wildman–Crippen MR) is 128 cm³/mol. The van der Waals surface area contributed by atoms with E-state index < -0.39 is 0 Å². The third-order valence-electron chi connectivity index (χ3n) is 5.13. The van der Waals surface area contributed by atoms with Gasteiger partial charge in [0.1, 0.15) is 11.1 Å². The summed E-state index contributed by atoms with van der Waals surface area (Å²) in [6.07, 6.45) is 0. The van der Waals surface area contributed by atoms with Crippen molar-refractivity contribution in [1.82, 2.24) is 9.55 Å². The zero-order valence-electron chi connectivity index (χ0n) is 17.2. The van der Waals surface area contributed by atoms with Crippen LogP contribution in [0.2, 0.25) is 0 Å². The molecule has 2 heterocycles. The van der Waals surface area contributed by atoms with E-state index in [2.05, 4.69) is 5.32 Å². The number of rotatable bonds is 5. The standard InChI is InChI=1S/C25H19N3O3S/c1-16-9-5-7-13-19(16)26-21(29)15-32-25-27-22-18-12-6-8-14-20(18)31-23(22)24(30)28(25)17-10-3-2-4-11-17/h2-14H,15H2,1H3,(H,26,29). The molecule has 0 atom stereocenters. The third-order valence-corrected chi connectivity index (χ3v) is 6.07. The summed E-state index contributed by atoms with van der Waals surface area (Å²) in [5.74, 6) is -0.0650. The number of carbonyl (C=O) groups is 1. The molecule has 3 aromatic carbocycles. The molecule has 0 aliphatic rings. The van der Waals surface area contributed by atoms with Crippen molar-refractivity contribution < 1.29 is 9.21 Å². The van der Waals surface area contributed by atoms with E-state index >= 15 is 0 Å². The second-order valence-electron chi connectivity index (χ2n) is 7.30. The van der Waals surface area contributed by atoms with Gasteiger partial charge in [0.15, 0.2) is 5.16 Å². The Hall–Kier alpha value is -3.84. The van der Waals surface area contributed by atoms with Crippen LogP contribution in [0.5, 0.6) is 0 Å². The number of carbonyl (C=O) groups excluding carboxylic acids is 1. The molecule has 0 unspecified atom stereocenters. The van der Waals surface area contributed by atoms with E-state index in [1.165, 1.54) is 16.3 Å². The largest absolute Gasteiger partial charge is 0.448 e. The minimum atomic E-state index is -0.306. The number of aromatic nitrogens is 2. The lowest BCUT2D eigenvalue weighted by Crippen LogP contribution is -2.22. The van der Waals surface area contributed by atoms with E-state index in [1.807, 2.05) is 85.8 Å².